The van der Waals surface area contributed by atoms with Gasteiger partial charge in [0, 0.05) is 56.5 Å². The Bertz CT molecular complexity index is 1580. The summed E-state index contributed by atoms with van der Waals surface area (Å²) >= 11 is 3.56. The molecule has 2 heterocycles. The first-order valence-electron chi connectivity index (χ1n) is 12.5. The molecular formula is C33H27N3S2. The van der Waals surface area contributed by atoms with Gasteiger partial charge in [0.25, 0.3) is 0 Å². The Labute approximate surface area is 232 Å². The molecule has 0 N–H and O–H groups in total. The highest BCUT2D eigenvalue weighted by Crippen LogP contribution is 2.35. The molecule has 0 radical (unpaired) electrons. The summed E-state index contributed by atoms with van der Waals surface area (Å²) < 4.78 is 0. The molecule has 6 rings (SSSR count). The molecule has 0 saturated heterocycles. The van der Waals surface area contributed by atoms with Crippen LogP contribution >= 0.6 is 23.5 Å². The minimum atomic E-state index is 0.874. The second-order valence-corrected chi connectivity index (χ2v) is 11.5. The van der Waals surface area contributed by atoms with E-state index in [0.717, 1.165) is 17.9 Å². The lowest BCUT2D eigenvalue weighted by atomic mass is 10.0. The second kappa shape index (κ2) is 11.2. The minimum Gasteiger partial charge on any atom is -0.361 e. The standard InChI is InChI=1S/C33H27N3S2/c1-35-18-19-36(24-35)28-10-7-15-32(23-28)38-31-14-6-9-27(21-31)33-22-26(16-17-34-33)25-8-5-13-30(20-25)37-29-11-3-2-4-12-29/h2-23H,24H2,1H3. The van der Waals surface area contributed by atoms with Crippen LogP contribution in [0.5, 0.6) is 0 Å². The van der Waals surface area contributed by atoms with E-state index in [1.54, 1.807) is 23.5 Å². The number of rotatable bonds is 7. The molecule has 1 aliphatic heterocycles. The Morgan fingerprint density at radius 1 is 0.579 bits per heavy atom. The van der Waals surface area contributed by atoms with Gasteiger partial charge in [-0.25, -0.2) is 0 Å². The molecule has 0 spiro atoms. The summed E-state index contributed by atoms with van der Waals surface area (Å²) in [5.74, 6) is 0. The van der Waals surface area contributed by atoms with E-state index < -0.39 is 0 Å². The lowest BCUT2D eigenvalue weighted by Crippen LogP contribution is -2.21. The van der Waals surface area contributed by atoms with Crippen LogP contribution in [0.2, 0.25) is 0 Å². The average Bonchev–Trinajstić information content (AvgIpc) is 3.40. The van der Waals surface area contributed by atoms with Gasteiger partial charge in [0.2, 0.25) is 0 Å². The van der Waals surface area contributed by atoms with Gasteiger partial charge in [-0.1, -0.05) is 72.1 Å². The van der Waals surface area contributed by atoms with Crippen molar-refractivity contribution in [2.75, 3.05) is 18.6 Å². The predicted octanol–water partition coefficient (Wildman–Crippen LogP) is 8.90. The molecule has 1 aromatic heterocycles. The van der Waals surface area contributed by atoms with E-state index in [0.29, 0.717) is 0 Å². The van der Waals surface area contributed by atoms with E-state index in [9.17, 15) is 0 Å². The largest absolute Gasteiger partial charge is 0.361 e. The molecule has 0 amide bonds. The molecule has 0 atom stereocenters. The highest BCUT2D eigenvalue weighted by Gasteiger charge is 2.12. The summed E-state index contributed by atoms with van der Waals surface area (Å²) in [6.07, 6.45) is 6.13. The molecule has 4 aromatic carbocycles. The van der Waals surface area contributed by atoms with Crippen LogP contribution in [0.4, 0.5) is 5.69 Å². The number of aromatic nitrogens is 1. The van der Waals surface area contributed by atoms with Crippen LogP contribution in [0.25, 0.3) is 22.4 Å². The van der Waals surface area contributed by atoms with E-state index in [1.807, 2.05) is 6.20 Å². The fraction of sp³-hybridized carbons (Fsp3) is 0.0606. The lowest BCUT2D eigenvalue weighted by molar-refractivity contribution is 0.495. The number of hydrogen-bond donors (Lipinski definition) is 0. The maximum Gasteiger partial charge on any atom is 0.0938 e. The highest BCUT2D eigenvalue weighted by atomic mass is 32.2. The van der Waals surface area contributed by atoms with Gasteiger partial charge in [-0.15, -0.1) is 0 Å². The van der Waals surface area contributed by atoms with Gasteiger partial charge < -0.3 is 9.80 Å². The van der Waals surface area contributed by atoms with Crippen LogP contribution in [0.3, 0.4) is 0 Å². The third-order valence-corrected chi connectivity index (χ3v) is 8.27. The fourth-order valence-electron chi connectivity index (χ4n) is 4.41. The van der Waals surface area contributed by atoms with Gasteiger partial charge in [-0.3, -0.25) is 4.98 Å². The first-order valence-corrected chi connectivity index (χ1v) is 14.2. The Hall–Kier alpha value is -3.93. The molecule has 3 nitrogen and oxygen atoms in total. The van der Waals surface area contributed by atoms with Crippen molar-refractivity contribution >= 4 is 29.2 Å². The van der Waals surface area contributed by atoms with Crippen molar-refractivity contribution in [3.05, 3.63) is 134 Å². The van der Waals surface area contributed by atoms with Crippen LogP contribution < -0.4 is 4.90 Å². The molecule has 5 aromatic rings. The molecule has 0 bridgehead atoms. The molecule has 0 aliphatic carbocycles. The SMILES string of the molecule is CN1C=CN(c2cccc(Sc3cccc(-c4cc(-c5cccc(Sc6ccccc6)c5)ccn4)c3)c2)C1. The van der Waals surface area contributed by atoms with E-state index in [4.69, 9.17) is 4.98 Å². The summed E-state index contributed by atoms with van der Waals surface area (Å²) in [5.41, 5.74) is 5.66. The molecule has 186 valence electrons. The molecule has 0 fully saturated rings. The number of benzene rings is 4. The predicted molar refractivity (Wildman–Crippen MR) is 160 cm³/mol. The van der Waals surface area contributed by atoms with Crippen molar-refractivity contribution in [2.24, 2.45) is 0 Å². The lowest BCUT2D eigenvalue weighted by Gasteiger charge is -2.18. The van der Waals surface area contributed by atoms with Crippen molar-refractivity contribution in [1.82, 2.24) is 9.88 Å². The average molecular weight is 530 g/mol. The van der Waals surface area contributed by atoms with Crippen molar-refractivity contribution in [3.63, 3.8) is 0 Å². The number of nitrogens with zero attached hydrogens (tertiary/aromatic N) is 3. The van der Waals surface area contributed by atoms with Crippen molar-refractivity contribution in [3.8, 4) is 22.4 Å². The summed E-state index contributed by atoms with van der Waals surface area (Å²) in [7, 11) is 2.09. The molecule has 5 heteroatoms. The Kier molecular flexibility index (Phi) is 7.20. The molecule has 0 saturated carbocycles. The van der Waals surface area contributed by atoms with Gasteiger partial charge >= 0.3 is 0 Å². The zero-order chi connectivity index (χ0) is 25.7. The van der Waals surface area contributed by atoms with Crippen LogP contribution in [-0.2, 0) is 0 Å². The zero-order valence-corrected chi connectivity index (χ0v) is 22.7. The molecular weight excluding hydrogens is 503 g/mol. The summed E-state index contributed by atoms with van der Waals surface area (Å²) in [6, 6.07) is 40.8. The van der Waals surface area contributed by atoms with Gasteiger partial charge in [-0.05, 0) is 77.9 Å². The van der Waals surface area contributed by atoms with Crippen molar-refractivity contribution in [2.45, 2.75) is 19.6 Å². The normalized spacial score (nSPS) is 12.8. The number of hydrogen-bond acceptors (Lipinski definition) is 5. The van der Waals surface area contributed by atoms with Crippen LogP contribution in [0.1, 0.15) is 0 Å². The van der Waals surface area contributed by atoms with Gasteiger partial charge in [0.15, 0.2) is 0 Å². The van der Waals surface area contributed by atoms with Gasteiger partial charge in [0.1, 0.15) is 0 Å². The summed E-state index contributed by atoms with van der Waals surface area (Å²) in [5, 5.41) is 0. The second-order valence-electron chi connectivity index (χ2n) is 9.17. The maximum atomic E-state index is 4.71. The number of pyridine rings is 1. The zero-order valence-electron chi connectivity index (χ0n) is 21.1. The third kappa shape index (κ3) is 5.80. The summed E-state index contributed by atoms with van der Waals surface area (Å²) in [4.78, 5) is 14.0. The smallest absolute Gasteiger partial charge is 0.0938 e. The first-order chi connectivity index (χ1) is 18.7. The van der Waals surface area contributed by atoms with E-state index in [-0.39, 0.29) is 0 Å². The van der Waals surface area contributed by atoms with E-state index in [1.165, 1.54) is 36.4 Å². The Morgan fingerprint density at radius 2 is 1.21 bits per heavy atom. The summed E-state index contributed by atoms with van der Waals surface area (Å²) in [6.45, 7) is 0.874. The monoisotopic (exact) mass is 529 g/mol. The number of anilines is 1. The fourth-order valence-corrected chi connectivity index (χ4v) is 6.24. The minimum absolute atomic E-state index is 0.874. The molecule has 0 unspecified atom stereocenters. The van der Waals surface area contributed by atoms with Gasteiger partial charge in [-0.2, -0.15) is 0 Å². The topological polar surface area (TPSA) is 19.4 Å². The quantitative estimate of drug-likeness (QED) is 0.209. The van der Waals surface area contributed by atoms with Crippen molar-refractivity contribution in [1.29, 1.82) is 0 Å². The van der Waals surface area contributed by atoms with Crippen LogP contribution in [-0.4, -0.2) is 23.6 Å². The van der Waals surface area contributed by atoms with Crippen molar-refractivity contribution < 1.29 is 0 Å². The van der Waals surface area contributed by atoms with Gasteiger partial charge in [0.05, 0.1) is 12.4 Å². The Balaban J connectivity index is 1.22. The highest BCUT2D eigenvalue weighted by molar-refractivity contribution is 7.99. The van der Waals surface area contributed by atoms with E-state index >= 15 is 0 Å². The Morgan fingerprint density at radius 3 is 1.97 bits per heavy atom. The third-order valence-electron chi connectivity index (χ3n) is 6.30. The van der Waals surface area contributed by atoms with Crippen LogP contribution in [0.15, 0.2) is 153 Å². The molecule has 1 aliphatic rings. The molecule has 38 heavy (non-hydrogen) atoms. The van der Waals surface area contributed by atoms with E-state index in [2.05, 4.69) is 145 Å². The maximum absolute atomic E-state index is 4.71. The first kappa shape index (κ1) is 24.4. The van der Waals surface area contributed by atoms with Crippen LogP contribution in [0, 0.1) is 0 Å².